The summed E-state index contributed by atoms with van der Waals surface area (Å²) < 4.78 is 21.6. The first-order valence-electron chi connectivity index (χ1n) is 27.9. The zero-order chi connectivity index (χ0) is 58.2. The van der Waals surface area contributed by atoms with E-state index in [2.05, 4.69) is 47.0 Å². The molecule has 2 amide bonds. The van der Waals surface area contributed by atoms with Gasteiger partial charge in [0.25, 0.3) is 0 Å². The quantitative estimate of drug-likeness (QED) is 0.0515. The van der Waals surface area contributed by atoms with Crippen LogP contribution in [0.2, 0.25) is 0 Å². The van der Waals surface area contributed by atoms with Crippen LogP contribution in [-0.4, -0.2) is 88.3 Å². The summed E-state index contributed by atoms with van der Waals surface area (Å²) in [4.78, 5) is 75.4. The van der Waals surface area contributed by atoms with Crippen LogP contribution in [0.3, 0.4) is 0 Å². The number of carboxylic acids is 1. The second-order valence-corrected chi connectivity index (χ2v) is 22.4. The highest BCUT2D eigenvalue weighted by molar-refractivity contribution is 5.86. The number of carbonyl (C=O) groups is 6. The summed E-state index contributed by atoms with van der Waals surface area (Å²) in [5, 5.41) is 14.9. The fourth-order valence-corrected chi connectivity index (χ4v) is 9.45. The normalized spacial score (nSPS) is 15.3. The second kappa shape index (κ2) is 32.6. The lowest BCUT2D eigenvalue weighted by atomic mass is 9.91. The molecule has 15 heteroatoms. The number of rotatable bonds is 19. The Morgan fingerprint density at radius 1 is 0.549 bits per heavy atom. The van der Waals surface area contributed by atoms with Crippen molar-refractivity contribution in [1.29, 1.82) is 0 Å². The number of nitrogens with one attached hydrogen (secondary N) is 2. The molecule has 0 aliphatic carbocycles. The minimum atomic E-state index is -0.966. The van der Waals surface area contributed by atoms with Crippen LogP contribution in [0.4, 0.5) is 4.79 Å². The average molecular weight is 1140 g/mol. The van der Waals surface area contributed by atoms with Crippen LogP contribution in [0.25, 0.3) is 22.3 Å². The molecule has 0 bridgehead atoms. The van der Waals surface area contributed by atoms with Gasteiger partial charge in [-0.25, -0.2) is 9.59 Å². The van der Waals surface area contributed by atoms with Crippen LogP contribution in [0, 0.1) is 5.92 Å². The van der Waals surface area contributed by atoms with Crippen LogP contribution >= 0.6 is 12.4 Å². The van der Waals surface area contributed by atoms with Crippen molar-refractivity contribution in [2.75, 3.05) is 13.1 Å². The minimum absolute atomic E-state index is 0. The molecule has 436 valence electrons. The largest absolute Gasteiger partial charge is 0.481 e. The zero-order valence-corrected chi connectivity index (χ0v) is 48.9. The van der Waals surface area contributed by atoms with Crippen LogP contribution in [0.5, 0.6) is 0 Å². The lowest BCUT2D eigenvalue weighted by Gasteiger charge is -2.26. The first kappa shape index (κ1) is 65.0. The number of esters is 3. The Kier molecular flexibility index (Phi) is 25.8. The molecule has 2 fully saturated rings. The van der Waals surface area contributed by atoms with Crippen molar-refractivity contribution < 1.29 is 52.8 Å². The summed E-state index contributed by atoms with van der Waals surface area (Å²) in [6.07, 6.45) is 3.76. The van der Waals surface area contributed by atoms with Gasteiger partial charge in [0.15, 0.2) is 0 Å². The summed E-state index contributed by atoms with van der Waals surface area (Å²) in [7, 11) is 0. The number of carbonyl (C=O) groups excluding carboxylic acids is 5. The molecule has 2 aliphatic rings. The van der Waals surface area contributed by atoms with E-state index in [1.807, 2.05) is 154 Å². The molecule has 1 unspecified atom stereocenters. The van der Waals surface area contributed by atoms with Gasteiger partial charge < -0.3 is 39.6 Å². The second-order valence-electron chi connectivity index (χ2n) is 22.4. The minimum Gasteiger partial charge on any atom is -0.481 e. The predicted molar refractivity (Wildman–Crippen MR) is 321 cm³/mol. The van der Waals surface area contributed by atoms with Gasteiger partial charge in [-0.2, -0.15) is 0 Å². The summed E-state index contributed by atoms with van der Waals surface area (Å²) in [5.41, 5.74) is 7.14. The van der Waals surface area contributed by atoms with Gasteiger partial charge in [0, 0.05) is 25.4 Å². The summed E-state index contributed by atoms with van der Waals surface area (Å²) in [6.45, 7) is 12.8. The van der Waals surface area contributed by atoms with Gasteiger partial charge >= 0.3 is 30.0 Å². The number of likely N-dealkylation sites (tertiary alicyclic amines) is 1. The number of carboxylic acid groups (broad SMARTS) is 1. The van der Waals surface area contributed by atoms with E-state index in [1.165, 1.54) is 0 Å². The molecule has 2 heterocycles. The van der Waals surface area contributed by atoms with Crippen LogP contribution in [0.1, 0.15) is 109 Å². The number of hydrogen-bond acceptors (Lipinski definition) is 11. The van der Waals surface area contributed by atoms with Crippen molar-refractivity contribution in [1.82, 2.24) is 15.5 Å². The number of halogens is 1. The monoisotopic (exact) mass is 1140 g/mol. The maximum absolute atomic E-state index is 13.5. The van der Waals surface area contributed by atoms with Crippen molar-refractivity contribution in [3.05, 3.63) is 192 Å². The molecule has 0 aromatic heterocycles. The van der Waals surface area contributed by atoms with Gasteiger partial charge in [-0.15, -0.1) is 12.4 Å². The molecule has 82 heavy (non-hydrogen) atoms. The fourth-order valence-electron chi connectivity index (χ4n) is 9.45. The number of alkyl carbamates (subject to hydrolysis) is 1. The van der Waals surface area contributed by atoms with E-state index in [1.54, 1.807) is 25.7 Å². The lowest BCUT2D eigenvalue weighted by Crippen LogP contribution is -2.42. The predicted octanol–water partition coefficient (Wildman–Crippen LogP) is 12.5. The Bertz CT molecular complexity index is 2910. The maximum Gasteiger partial charge on any atom is 0.407 e. The Morgan fingerprint density at radius 3 is 1.48 bits per heavy atom. The molecule has 6 aromatic carbocycles. The molecule has 6 aromatic rings. The van der Waals surface area contributed by atoms with Crippen molar-refractivity contribution in [3.8, 4) is 22.3 Å². The van der Waals surface area contributed by atoms with Crippen LogP contribution in [-0.2, 0) is 69.0 Å². The molecule has 8 rings (SSSR count). The van der Waals surface area contributed by atoms with E-state index < -0.39 is 35.3 Å². The van der Waals surface area contributed by atoms with E-state index in [9.17, 15) is 28.8 Å². The maximum atomic E-state index is 13.5. The number of ether oxygens (including phenoxy) is 4. The molecule has 0 radical (unpaired) electrons. The molecule has 14 nitrogen and oxygen atoms in total. The van der Waals surface area contributed by atoms with E-state index >= 15 is 0 Å². The van der Waals surface area contributed by atoms with E-state index in [-0.39, 0.29) is 74.1 Å². The molecule has 4 atom stereocenters. The van der Waals surface area contributed by atoms with Gasteiger partial charge in [0.2, 0.25) is 5.91 Å². The first-order valence-corrected chi connectivity index (χ1v) is 27.9. The first-order chi connectivity index (χ1) is 38.8. The third-order valence-corrected chi connectivity index (χ3v) is 13.2. The third-order valence-electron chi connectivity index (χ3n) is 13.2. The summed E-state index contributed by atoms with van der Waals surface area (Å²) in [6, 6.07) is 54.3. The highest BCUT2D eigenvalue weighted by Crippen LogP contribution is 2.27. The number of hydrogen-bond donors (Lipinski definition) is 3. The molecule has 2 aliphatic heterocycles. The number of amides is 2. The Labute approximate surface area is 489 Å². The smallest absolute Gasteiger partial charge is 0.407 e. The Morgan fingerprint density at radius 2 is 1.01 bits per heavy atom. The molecular weight excluding hydrogens is 1060 g/mol. The lowest BCUT2D eigenvalue weighted by molar-refractivity contribution is -0.157. The van der Waals surface area contributed by atoms with E-state index in [0.29, 0.717) is 32.4 Å². The van der Waals surface area contributed by atoms with Crippen LogP contribution < -0.4 is 10.6 Å². The molecule has 2 saturated heterocycles. The van der Waals surface area contributed by atoms with Gasteiger partial charge in [0.1, 0.15) is 36.5 Å². The Hall–Kier alpha value is -7.81. The topological polar surface area (TPSA) is 187 Å². The third kappa shape index (κ3) is 23.3. The number of aliphatic carboxylic acids is 1. The highest BCUT2D eigenvalue weighted by atomic mass is 35.5. The highest BCUT2D eigenvalue weighted by Gasteiger charge is 2.36. The number of nitrogens with zero attached hydrogens (tertiary/aromatic N) is 1. The molecular formula is C67H80ClN3O11. The fraction of sp³-hybridized carbons (Fsp3) is 0.373. The Balaban J connectivity index is 0.000000250. The summed E-state index contributed by atoms with van der Waals surface area (Å²) in [5.74, 6) is -2.19. The standard InChI is InChI=1S/C34H39NO5.C21H25NO4.C12H15NO2.ClH/c1-34(2,3)40-32(37)23-27(21-25-16-18-29(19-17-25)28-13-8-5-9-14-28)22-31(36)35-20-10-15-30(35)33(38)39-24-26-11-6-4-7-12-26;1-21(2,3)26-20(25)22-18(14-19(23)24)13-15-9-11-17(12-10-15)16-7-5-4-6-8-16;14-12(11-7-4-8-13-11)15-9-10-5-2-1-3-6-10;/h4-9,11-14,16-19,27,30H,10,15,20-24H2,1-3H3;4-12,18H,13-14H2,1-3H3,(H,22,25)(H,23,24);1-3,5-6,11,13H,4,7-9H2;1H/t27-,30-;18-;;/m00../s1. The number of benzene rings is 6. The zero-order valence-electron chi connectivity index (χ0n) is 48.1. The van der Waals surface area contributed by atoms with Gasteiger partial charge in [-0.05, 0) is 137 Å². The SMILES string of the molecule is CC(C)(C)OC(=O)C[C@H](CC(=O)N1CCC[C@H]1C(=O)OCc1ccccc1)Cc1ccc(-c2ccccc2)cc1.CC(C)(C)OC(=O)N[C@H](CC(=O)O)Cc1ccc(-c2ccccc2)cc1.Cl.O=C(OCc1ccccc1)C1CCCN1. The molecule has 3 N–H and O–H groups in total. The van der Waals surface area contributed by atoms with Crippen molar-refractivity contribution in [2.45, 2.75) is 142 Å². The van der Waals surface area contributed by atoms with Crippen LogP contribution in [0.15, 0.2) is 170 Å². The van der Waals surface area contributed by atoms with Gasteiger partial charge in [0.05, 0.1) is 6.42 Å². The summed E-state index contributed by atoms with van der Waals surface area (Å²) >= 11 is 0. The molecule has 0 spiro atoms. The van der Waals surface area contributed by atoms with Gasteiger partial charge in [-0.3, -0.25) is 19.2 Å². The van der Waals surface area contributed by atoms with Crippen molar-refractivity contribution >= 4 is 48.3 Å². The van der Waals surface area contributed by atoms with E-state index in [4.69, 9.17) is 24.1 Å². The average Bonchev–Trinajstić information content (AvgIpc) is 4.20. The van der Waals surface area contributed by atoms with Crippen molar-refractivity contribution in [2.24, 2.45) is 5.92 Å². The van der Waals surface area contributed by atoms with E-state index in [0.717, 1.165) is 70.3 Å². The van der Waals surface area contributed by atoms with Gasteiger partial charge in [-0.1, -0.05) is 170 Å². The van der Waals surface area contributed by atoms with Crippen molar-refractivity contribution in [3.63, 3.8) is 0 Å². The molecule has 0 saturated carbocycles.